The smallest absolute Gasteiger partial charge is 0.343 e. The van der Waals surface area contributed by atoms with Crippen LogP contribution in [0.3, 0.4) is 0 Å². The quantitative estimate of drug-likeness (QED) is 0.217. The van der Waals surface area contributed by atoms with Gasteiger partial charge < -0.3 is 4.74 Å². The fourth-order valence-corrected chi connectivity index (χ4v) is 4.89. The molecule has 6 heteroatoms. The van der Waals surface area contributed by atoms with Gasteiger partial charge in [0.25, 0.3) is 11.8 Å². The standard InChI is InChI=1S/C33H28N2O4/c1-22-16-23(2)18-25(17-22)19-26-15-14-24(21-30(26)39-3)20-29-31(36)34(27-10-6-4-7-11-27)33(38)35(32(29)37)28-12-8-5-9-13-28/h4-18,20-21H,19H2,1-3H3. The van der Waals surface area contributed by atoms with Crippen molar-refractivity contribution in [2.24, 2.45) is 0 Å². The van der Waals surface area contributed by atoms with Crippen LogP contribution in [-0.2, 0) is 16.0 Å². The van der Waals surface area contributed by atoms with Crippen molar-refractivity contribution in [1.29, 1.82) is 0 Å². The largest absolute Gasteiger partial charge is 0.496 e. The number of urea groups is 1. The number of anilines is 2. The molecule has 1 saturated heterocycles. The molecule has 0 spiro atoms. The van der Waals surface area contributed by atoms with Gasteiger partial charge in [0.1, 0.15) is 11.3 Å². The molecule has 5 rings (SSSR count). The summed E-state index contributed by atoms with van der Waals surface area (Å²) in [6, 6.07) is 28.5. The molecule has 4 amide bonds. The molecule has 39 heavy (non-hydrogen) atoms. The summed E-state index contributed by atoms with van der Waals surface area (Å²) in [4.78, 5) is 42.8. The molecule has 0 aromatic heterocycles. The van der Waals surface area contributed by atoms with Crippen LogP contribution < -0.4 is 14.5 Å². The van der Waals surface area contributed by atoms with Crippen LogP contribution in [0.15, 0.2) is 103 Å². The van der Waals surface area contributed by atoms with Gasteiger partial charge in [-0.15, -0.1) is 0 Å². The summed E-state index contributed by atoms with van der Waals surface area (Å²) in [5.74, 6) is -0.710. The molecule has 194 valence electrons. The maximum absolute atomic E-state index is 13.6. The van der Waals surface area contributed by atoms with Crippen molar-refractivity contribution < 1.29 is 19.1 Å². The van der Waals surface area contributed by atoms with Gasteiger partial charge in [-0.05, 0) is 66.9 Å². The van der Waals surface area contributed by atoms with E-state index in [1.165, 1.54) is 22.8 Å². The van der Waals surface area contributed by atoms with Crippen LogP contribution in [0, 0.1) is 13.8 Å². The van der Waals surface area contributed by atoms with Crippen molar-refractivity contribution >= 4 is 35.3 Å². The molecular formula is C33H28N2O4. The minimum absolute atomic E-state index is 0.119. The van der Waals surface area contributed by atoms with E-state index < -0.39 is 17.8 Å². The second-order valence-corrected chi connectivity index (χ2v) is 9.54. The van der Waals surface area contributed by atoms with E-state index >= 15 is 0 Å². The lowest BCUT2D eigenvalue weighted by Gasteiger charge is -2.33. The molecule has 0 N–H and O–H groups in total. The maximum Gasteiger partial charge on any atom is 0.343 e. The van der Waals surface area contributed by atoms with Crippen molar-refractivity contribution in [2.45, 2.75) is 20.3 Å². The number of aryl methyl sites for hydroxylation is 2. The zero-order chi connectivity index (χ0) is 27.5. The lowest BCUT2D eigenvalue weighted by Crippen LogP contribution is -2.57. The molecule has 0 bridgehead atoms. The van der Waals surface area contributed by atoms with Crippen LogP contribution in [0.2, 0.25) is 0 Å². The normalized spacial score (nSPS) is 13.6. The Balaban J connectivity index is 1.55. The number of amides is 4. The van der Waals surface area contributed by atoms with E-state index in [1.807, 2.05) is 18.2 Å². The predicted octanol–water partition coefficient (Wildman–Crippen LogP) is 6.49. The van der Waals surface area contributed by atoms with Crippen molar-refractivity contribution in [3.8, 4) is 5.75 Å². The molecule has 0 radical (unpaired) electrons. The lowest BCUT2D eigenvalue weighted by atomic mass is 9.98. The first-order valence-corrected chi connectivity index (χ1v) is 12.6. The van der Waals surface area contributed by atoms with Crippen molar-refractivity contribution in [3.63, 3.8) is 0 Å². The Labute approximate surface area is 227 Å². The van der Waals surface area contributed by atoms with Crippen LogP contribution in [0.1, 0.15) is 27.8 Å². The number of barbiturate groups is 1. The third kappa shape index (κ3) is 5.22. The highest BCUT2D eigenvalue weighted by molar-refractivity contribution is 6.46. The number of carbonyl (C=O) groups is 3. The number of rotatable bonds is 6. The SMILES string of the molecule is COc1cc(C=C2C(=O)N(c3ccccc3)C(=O)N(c3ccccc3)C2=O)ccc1Cc1cc(C)cc(C)c1. The Morgan fingerprint density at radius 3 is 1.74 bits per heavy atom. The fraction of sp³-hybridized carbons (Fsp3) is 0.121. The Bertz CT molecular complexity index is 1510. The van der Waals surface area contributed by atoms with Gasteiger partial charge in [0, 0.05) is 6.42 Å². The number of hydrogen-bond acceptors (Lipinski definition) is 4. The van der Waals surface area contributed by atoms with E-state index in [2.05, 4.69) is 32.0 Å². The average molecular weight is 517 g/mol. The highest BCUT2D eigenvalue weighted by atomic mass is 16.5. The first-order chi connectivity index (χ1) is 18.9. The summed E-state index contributed by atoms with van der Waals surface area (Å²) in [7, 11) is 1.60. The topological polar surface area (TPSA) is 66.9 Å². The summed E-state index contributed by atoms with van der Waals surface area (Å²) in [5.41, 5.74) is 5.80. The Morgan fingerprint density at radius 2 is 1.23 bits per heavy atom. The number of nitrogens with zero attached hydrogens (tertiary/aromatic N) is 2. The number of imide groups is 2. The molecule has 0 aliphatic carbocycles. The third-order valence-electron chi connectivity index (χ3n) is 6.58. The Morgan fingerprint density at radius 1 is 0.692 bits per heavy atom. The maximum atomic E-state index is 13.6. The number of hydrogen-bond donors (Lipinski definition) is 0. The molecule has 0 unspecified atom stereocenters. The molecule has 0 atom stereocenters. The van der Waals surface area contributed by atoms with Crippen LogP contribution in [0.4, 0.5) is 16.2 Å². The van der Waals surface area contributed by atoms with Gasteiger partial charge >= 0.3 is 6.03 Å². The van der Waals surface area contributed by atoms with Crippen LogP contribution >= 0.6 is 0 Å². The van der Waals surface area contributed by atoms with E-state index in [1.54, 1.807) is 67.8 Å². The van der Waals surface area contributed by atoms with E-state index in [0.717, 1.165) is 15.4 Å². The Kier molecular flexibility index (Phi) is 7.10. The number of carbonyl (C=O) groups excluding carboxylic acids is 3. The molecule has 1 fully saturated rings. The predicted molar refractivity (Wildman–Crippen MR) is 153 cm³/mol. The van der Waals surface area contributed by atoms with Crippen LogP contribution in [0.5, 0.6) is 5.75 Å². The van der Waals surface area contributed by atoms with Gasteiger partial charge in [-0.2, -0.15) is 0 Å². The second-order valence-electron chi connectivity index (χ2n) is 9.54. The number of methoxy groups -OCH3 is 1. The first-order valence-electron chi connectivity index (χ1n) is 12.6. The average Bonchev–Trinajstić information content (AvgIpc) is 2.92. The third-order valence-corrected chi connectivity index (χ3v) is 6.58. The monoisotopic (exact) mass is 516 g/mol. The highest BCUT2D eigenvalue weighted by Gasteiger charge is 2.43. The zero-order valence-corrected chi connectivity index (χ0v) is 22.0. The minimum Gasteiger partial charge on any atom is -0.496 e. The minimum atomic E-state index is -0.721. The van der Waals surface area contributed by atoms with Gasteiger partial charge in [0.2, 0.25) is 0 Å². The van der Waals surface area contributed by atoms with Crippen molar-refractivity contribution in [3.05, 3.63) is 130 Å². The van der Waals surface area contributed by atoms with E-state index in [0.29, 0.717) is 29.1 Å². The summed E-state index contributed by atoms with van der Waals surface area (Å²) in [6.07, 6.45) is 2.20. The molecular weight excluding hydrogens is 488 g/mol. The number of ether oxygens (including phenoxy) is 1. The highest BCUT2D eigenvalue weighted by Crippen LogP contribution is 2.31. The number of benzene rings is 4. The van der Waals surface area contributed by atoms with Gasteiger partial charge in [-0.1, -0.05) is 77.9 Å². The van der Waals surface area contributed by atoms with Crippen molar-refractivity contribution in [2.75, 3.05) is 16.9 Å². The van der Waals surface area contributed by atoms with E-state index in [4.69, 9.17) is 4.74 Å². The number of para-hydroxylation sites is 2. The molecule has 1 aliphatic heterocycles. The Hall–Kier alpha value is -4.97. The summed E-state index contributed by atoms with van der Waals surface area (Å²) in [6.45, 7) is 4.15. The van der Waals surface area contributed by atoms with Gasteiger partial charge in [-0.3, -0.25) is 9.59 Å². The van der Waals surface area contributed by atoms with Crippen molar-refractivity contribution in [1.82, 2.24) is 0 Å². The van der Waals surface area contributed by atoms with Crippen LogP contribution in [0.25, 0.3) is 6.08 Å². The molecule has 6 nitrogen and oxygen atoms in total. The second kappa shape index (κ2) is 10.8. The molecule has 1 aliphatic rings. The van der Waals surface area contributed by atoms with Crippen LogP contribution in [-0.4, -0.2) is 25.0 Å². The summed E-state index contributed by atoms with van der Waals surface area (Å²) >= 11 is 0. The van der Waals surface area contributed by atoms with Gasteiger partial charge in [0.15, 0.2) is 0 Å². The van der Waals surface area contributed by atoms with E-state index in [9.17, 15) is 14.4 Å². The molecule has 0 saturated carbocycles. The molecule has 4 aromatic rings. The first kappa shape index (κ1) is 25.7. The fourth-order valence-electron chi connectivity index (χ4n) is 4.89. The lowest BCUT2D eigenvalue weighted by molar-refractivity contribution is -0.121. The summed E-state index contributed by atoms with van der Waals surface area (Å²) in [5, 5.41) is 0. The van der Waals surface area contributed by atoms with Gasteiger partial charge in [0.05, 0.1) is 18.5 Å². The zero-order valence-electron chi connectivity index (χ0n) is 22.0. The van der Waals surface area contributed by atoms with Gasteiger partial charge in [-0.25, -0.2) is 14.6 Å². The summed E-state index contributed by atoms with van der Waals surface area (Å²) < 4.78 is 5.69. The van der Waals surface area contributed by atoms with E-state index in [-0.39, 0.29) is 5.57 Å². The molecule has 4 aromatic carbocycles. The molecule has 1 heterocycles.